The SMILES string of the molecule is CCC(N)(CC)CNC(=O)C(Cc1cccc(F)c1)n1nnnc1C. The molecule has 0 bridgehead atoms. The van der Waals surface area contributed by atoms with Crippen LogP contribution in [-0.2, 0) is 11.2 Å². The van der Waals surface area contributed by atoms with E-state index < -0.39 is 11.6 Å². The normalized spacial score (nSPS) is 12.8. The summed E-state index contributed by atoms with van der Waals surface area (Å²) in [5, 5.41) is 14.3. The second-order valence-electron chi connectivity index (χ2n) is 6.31. The van der Waals surface area contributed by atoms with Crippen LogP contribution < -0.4 is 11.1 Å². The van der Waals surface area contributed by atoms with Gasteiger partial charge >= 0.3 is 0 Å². The first-order valence-corrected chi connectivity index (χ1v) is 8.44. The molecule has 0 radical (unpaired) electrons. The largest absolute Gasteiger partial charge is 0.352 e. The zero-order valence-corrected chi connectivity index (χ0v) is 14.9. The molecule has 0 saturated heterocycles. The molecule has 2 rings (SSSR count). The molecule has 1 aromatic heterocycles. The summed E-state index contributed by atoms with van der Waals surface area (Å²) in [6.07, 6.45) is 1.79. The molecule has 0 spiro atoms. The van der Waals surface area contributed by atoms with Gasteiger partial charge in [-0.05, 0) is 47.9 Å². The number of hydrogen-bond donors (Lipinski definition) is 2. The number of aromatic nitrogens is 4. The third-order valence-corrected chi connectivity index (χ3v) is 4.60. The standard InChI is InChI=1S/C17H25FN6O/c1-4-17(19,5-2)11-20-16(25)15(24-12(3)21-22-23-24)10-13-7-6-8-14(18)9-13/h6-9,15H,4-5,10-11,19H2,1-3H3,(H,20,25). The van der Waals surface area contributed by atoms with E-state index in [0.29, 0.717) is 17.9 Å². The van der Waals surface area contributed by atoms with E-state index in [1.165, 1.54) is 16.8 Å². The van der Waals surface area contributed by atoms with E-state index in [4.69, 9.17) is 5.73 Å². The van der Waals surface area contributed by atoms with Crippen molar-refractivity contribution in [3.63, 3.8) is 0 Å². The summed E-state index contributed by atoms with van der Waals surface area (Å²) in [7, 11) is 0. The molecule has 1 unspecified atom stereocenters. The zero-order chi connectivity index (χ0) is 18.4. The molecule has 8 heteroatoms. The van der Waals surface area contributed by atoms with Gasteiger partial charge in [-0.1, -0.05) is 26.0 Å². The van der Waals surface area contributed by atoms with Gasteiger partial charge in [-0.25, -0.2) is 9.07 Å². The third kappa shape index (κ3) is 4.82. The highest BCUT2D eigenvalue weighted by atomic mass is 19.1. The van der Waals surface area contributed by atoms with Gasteiger partial charge in [0.05, 0.1) is 0 Å². The van der Waals surface area contributed by atoms with Crippen LogP contribution in [0.3, 0.4) is 0 Å². The minimum absolute atomic E-state index is 0.239. The quantitative estimate of drug-likeness (QED) is 0.754. The minimum atomic E-state index is -0.672. The molecule has 0 fully saturated rings. The van der Waals surface area contributed by atoms with Gasteiger partial charge in [0.2, 0.25) is 5.91 Å². The summed E-state index contributed by atoms with van der Waals surface area (Å²) in [4.78, 5) is 12.8. The molecular formula is C17H25FN6O. The molecule has 1 heterocycles. The highest BCUT2D eigenvalue weighted by molar-refractivity contribution is 5.80. The highest BCUT2D eigenvalue weighted by Crippen LogP contribution is 2.17. The number of amides is 1. The molecule has 0 aliphatic carbocycles. The van der Waals surface area contributed by atoms with Crippen molar-refractivity contribution >= 4 is 5.91 Å². The van der Waals surface area contributed by atoms with Crippen LogP contribution >= 0.6 is 0 Å². The fourth-order valence-electron chi connectivity index (χ4n) is 2.58. The maximum atomic E-state index is 13.5. The lowest BCUT2D eigenvalue weighted by molar-refractivity contribution is -0.125. The predicted octanol–water partition coefficient (Wildman–Crippen LogP) is 1.54. The topological polar surface area (TPSA) is 98.7 Å². The molecule has 0 aliphatic heterocycles. The van der Waals surface area contributed by atoms with Gasteiger partial charge in [0.15, 0.2) is 0 Å². The fourth-order valence-corrected chi connectivity index (χ4v) is 2.58. The van der Waals surface area contributed by atoms with Gasteiger partial charge in [0, 0.05) is 18.5 Å². The number of carbonyl (C=O) groups excluding carboxylic acids is 1. The minimum Gasteiger partial charge on any atom is -0.352 e. The van der Waals surface area contributed by atoms with E-state index in [0.717, 1.165) is 12.8 Å². The Morgan fingerprint density at radius 3 is 2.68 bits per heavy atom. The molecule has 3 N–H and O–H groups in total. The lowest BCUT2D eigenvalue weighted by Gasteiger charge is -2.28. The predicted molar refractivity (Wildman–Crippen MR) is 92.2 cm³/mol. The second-order valence-corrected chi connectivity index (χ2v) is 6.31. The molecule has 136 valence electrons. The second kappa shape index (κ2) is 8.15. The van der Waals surface area contributed by atoms with Crippen LogP contribution in [0.1, 0.15) is 44.1 Å². The summed E-state index contributed by atoms with van der Waals surface area (Å²) in [6.45, 7) is 6.06. The van der Waals surface area contributed by atoms with E-state index in [1.54, 1.807) is 19.1 Å². The summed E-state index contributed by atoms with van der Waals surface area (Å²) in [5.41, 5.74) is 6.50. The highest BCUT2D eigenvalue weighted by Gasteiger charge is 2.27. The fraction of sp³-hybridized carbons (Fsp3) is 0.529. The van der Waals surface area contributed by atoms with Crippen LogP contribution in [0.4, 0.5) is 4.39 Å². The Morgan fingerprint density at radius 2 is 2.12 bits per heavy atom. The molecule has 1 atom stereocenters. The van der Waals surface area contributed by atoms with Crippen molar-refractivity contribution in [1.82, 2.24) is 25.5 Å². The maximum Gasteiger partial charge on any atom is 0.245 e. The molecule has 0 saturated carbocycles. The Balaban J connectivity index is 2.20. The van der Waals surface area contributed by atoms with Crippen LogP contribution in [0.15, 0.2) is 24.3 Å². The lowest BCUT2D eigenvalue weighted by Crippen LogP contribution is -2.50. The Morgan fingerprint density at radius 1 is 1.40 bits per heavy atom. The smallest absolute Gasteiger partial charge is 0.245 e. The molecule has 2 aromatic rings. The van der Waals surface area contributed by atoms with Crippen molar-refractivity contribution in [2.24, 2.45) is 5.73 Å². The van der Waals surface area contributed by atoms with Crippen molar-refractivity contribution in [2.75, 3.05) is 6.54 Å². The van der Waals surface area contributed by atoms with Gasteiger partial charge in [-0.15, -0.1) is 5.10 Å². The number of aryl methyl sites for hydroxylation is 1. The molecule has 25 heavy (non-hydrogen) atoms. The number of benzene rings is 1. The number of tetrazole rings is 1. The molecule has 7 nitrogen and oxygen atoms in total. The first-order valence-electron chi connectivity index (χ1n) is 8.44. The number of halogens is 1. The molecule has 1 aromatic carbocycles. The first kappa shape index (κ1) is 19.0. The molecule has 1 amide bonds. The summed E-state index contributed by atoms with van der Waals surface area (Å²) in [5.74, 6) is -0.0685. The zero-order valence-electron chi connectivity index (χ0n) is 14.9. The van der Waals surface area contributed by atoms with E-state index in [9.17, 15) is 9.18 Å². The van der Waals surface area contributed by atoms with Gasteiger partial charge in [-0.2, -0.15) is 0 Å². The number of hydrogen-bond acceptors (Lipinski definition) is 5. The number of rotatable bonds is 8. The van der Waals surface area contributed by atoms with Gasteiger partial charge in [0.25, 0.3) is 0 Å². The maximum absolute atomic E-state index is 13.5. The van der Waals surface area contributed by atoms with Crippen LogP contribution in [0.5, 0.6) is 0 Å². The van der Waals surface area contributed by atoms with E-state index in [2.05, 4.69) is 20.8 Å². The van der Waals surface area contributed by atoms with Gasteiger partial charge in [-0.3, -0.25) is 4.79 Å². The lowest BCUT2D eigenvalue weighted by atomic mass is 9.94. The molecule has 0 aliphatic rings. The van der Waals surface area contributed by atoms with E-state index >= 15 is 0 Å². The van der Waals surface area contributed by atoms with Crippen molar-refractivity contribution in [3.05, 3.63) is 41.5 Å². The van der Waals surface area contributed by atoms with Crippen LogP contribution in [0, 0.1) is 12.7 Å². The monoisotopic (exact) mass is 348 g/mol. The van der Waals surface area contributed by atoms with E-state index in [-0.39, 0.29) is 18.1 Å². The number of carbonyl (C=O) groups is 1. The number of nitrogens with zero attached hydrogens (tertiary/aromatic N) is 4. The van der Waals surface area contributed by atoms with Crippen molar-refractivity contribution in [1.29, 1.82) is 0 Å². The Hall–Kier alpha value is -2.35. The van der Waals surface area contributed by atoms with Crippen molar-refractivity contribution in [3.8, 4) is 0 Å². The first-order chi connectivity index (χ1) is 11.9. The number of nitrogens with two attached hydrogens (primary N) is 1. The van der Waals surface area contributed by atoms with Crippen molar-refractivity contribution in [2.45, 2.75) is 51.6 Å². The number of nitrogens with one attached hydrogen (secondary N) is 1. The van der Waals surface area contributed by atoms with Crippen LogP contribution in [0.25, 0.3) is 0 Å². The molecular weight excluding hydrogens is 323 g/mol. The summed E-state index contributed by atoms with van der Waals surface area (Å²) >= 11 is 0. The van der Waals surface area contributed by atoms with Crippen molar-refractivity contribution < 1.29 is 9.18 Å². The average Bonchev–Trinajstić information content (AvgIpc) is 3.03. The summed E-state index contributed by atoms with van der Waals surface area (Å²) < 4.78 is 14.9. The van der Waals surface area contributed by atoms with Gasteiger partial charge in [0.1, 0.15) is 17.7 Å². The Bertz CT molecular complexity index is 713. The Labute approximate surface area is 146 Å². The van der Waals surface area contributed by atoms with Crippen LogP contribution in [0.2, 0.25) is 0 Å². The Kier molecular flexibility index (Phi) is 6.19. The van der Waals surface area contributed by atoms with E-state index in [1.807, 2.05) is 13.8 Å². The average molecular weight is 348 g/mol. The van der Waals surface area contributed by atoms with Gasteiger partial charge < -0.3 is 11.1 Å². The van der Waals surface area contributed by atoms with Crippen LogP contribution in [-0.4, -0.2) is 38.2 Å². The third-order valence-electron chi connectivity index (χ3n) is 4.60. The summed E-state index contributed by atoms with van der Waals surface area (Å²) in [6, 6.07) is 5.49.